The fraction of sp³-hybridized carbons (Fsp3) is 0.273. The minimum absolute atomic E-state index is 0.537. The minimum atomic E-state index is -0.812. The molecule has 1 aliphatic rings. The van der Waals surface area contributed by atoms with E-state index in [0.29, 0.717) is 13.0 Å². The van der Waals surface area contributed by atoms with Crippen molar-refractivity contribution in [3.63, 3.8) is 0 Å². The van der Waals surface area contributed by atoms with Gasteiger partial charge in [0.1, 0.15) is 5.41 Å². The predicted octanol–water partition coefficient (Wildman–Crippen LogP) is 3.16. The number of carboxylic acid groups (broad SMARTS) is 1. The molecule has 138 valence electrons. The van der Waals surface area contributed by atoms with Crippen LogP contribution in [0, 0.1) is 0 Å². The number of aromatic nitrogens is 2. The van der Waals surface area contributed by atoms with E-state index in [0.717, 1.165) is 25.2 Å². The molecular formula is C22H23N3O2. The highest BCUT2D eigenvalue weighted by atomic mass is 16.4. The van der Waals surface area contributed by atoms with E-state index in [1.54, 1.807) is 6.20 Å². The zero-order valence-electron chi connectivity index (χ0n) is 15.2. The molecule has 2 aromatic carbocycles. The van der Waals surface area contributed by atoms with Crippen LogP contribution < -0.4 is 0 Å². The lowest BCUT2D eigenvalue weighted by atomic mass is 9.80. The smallest absolute Gasteiger partial charge is 0.315 e. The van der Waals surface area contributed by atoms with Crippen molar-refractivity contribution >= 4 is 5.97 Å². The third kappa shape index (κ3) is 3.64. The summed E-state index contributed by atoms with van der Waals surface area (Å²) in [6, 6.07) is 20.0. The highest BCUT2D eigenvalue weighted by molar-refractivity contribution is 5.82. The summed E-state index contributed by atoms with van der Waals surface area (Å²) < 4.78 is 1.90. The number of hydrogen-bond acceptors (Lipinski definition) is 3. The van der Waals surface area contributed by atoms with Crippen LogP contribution in [0.1, 0.15) is 23.1 Å². The van der Waals surface area contributed by atoms with Crippen molar-refractivity contribution in [2.24, 2.45) is 0 Å². The van der Waals surface area contributed by atoms with Gasteiger partial charge in [-0.25, -0.2) is 0 Å². The van der Waals surface area contributed by atoms with Crippen molar-refractivity contribution < 1.29 is 9.90 Å². The number of hydrogen-bond donors (Lipinski definition) is 1. The lowest BCUT2D eigenvalue weighted by Gasteiger charge is -2.25. The Bertz CT molecular complexity index is 908. The van der Waals surface area contributed by atoms with E-state index >= 15 is 0 Å². The summed E-state index contributed by atoms with van der Waals surface area (Å²) in [7, 11) is 0. The molecule has 1 saturated heterocycles. The maximum Gasteiger partial charge on any atom is 0.315 e. The van der Waals surface area contributed by atoms with Crippen LogP contribution in [0.5, 0.6) is 0 Å². The number of carboxylic acids is 1. The Balaban J connectivity index is 1.49. The Kier molecular flexibility index (Phi) is 4.77. The average Bonchev–Trinajstić information content (AvgIpc) is 3.33. The second-order valence-electron chi connectivity index (χ2n) is 7.24. The summed E-state index contributed by atoms with van der Waals surface area (Å²) in [5.41, 5.74) is 2.48. The SMILES string of the molecule is O=C(O)C1(c2ccccc2)CCN(Cc2cccc(Cn3cccn3)c2)C1. The molecule has 1 fully saturated rings. The van der Waals surface area contributed by atoms with Crippen molar-refractivity contribution in [1.29, 1.82) is 0 Å². The summed E-state index contributed by atoms with van der Waals surface area (Å²) in [6.45, 7) is 2.82. The molecule has 2 heterocycles. The second kappa shape index (κ2) is 7.37. The fourth-order valence-electron chi connectivity index (χ4n) is 3.98. The topological polar surface area (TPSA) is 58.4 Å². The first-order chi connectivity index (χ1) is 13.2. The molecule has 1 aromatic heterocycles. The van der Waals surface area contributed by atoms with Gasteiger partial charge in [-0.1, -0.05) is 54.6 Å². The van der Waals surface area contributed by atoms with Gasteiger partial charge in [0, 0.05) is 32.0 Å². The molecule has 5 heteroatoms. The summed E-state index contributed by atoms with van der Waals surface area (Å²) in [5, 5.41) is 14.2. The van der Waals surface area contributed by atoms with E-state index in [1.165, 1.54) is 11.1 Å². The Morgan fingerprint density at radius 3 is 2.52 bits per heavy atom. The molecule has 0 aliphatic carbocycles. The monoisotopic (exact) mass is 361 g/mol. The first-order valence-electron chi connectivity index (χ1n) is 9.22. The molecule has 4 rings (SSSR count). The molecule has 27 heavy (non-hydrogen) atoms. The van der Waals surface area contributed by atoms with Crippen LogP contribution in [0.2, 0.25) is 0 Å². The highest BCUT2D eigenvalue weighted by Gasteiger charge is 2.46. The molecule has 1 aliphatic heterocycles. The van der Waals surface area contributed by atoms with E-state index in [2.05, 4.69) is 34.3 Å². The second-order valence-corrected chi connectivity index (χ2v) is 7.24. The summed E-state index contributed by atoms with van der Waals surface area (Å²) in [6.07, 6.45) is 4.37. The number of aliphatic carboxylic acids is 1. The molecule has 3 aromatic rings. The van der Waals surface area contributed by atoms with Gasteiger partial charge in [0.15, 0.2) is 0 Å². The standard InChI is InChI=1S/C22H23N3O2/c26-21(27)22(20-8-2-1-3-9-20)10-13-24(17-22)15-18-6-4-7-19(14-18)16-25-12-5-11-23-25/h1-9,11-12,14H,10,13,15-17H2,(H,26,27). The van der Waals surface area contributed by atoms with Crippen LogP contribution in [0.4, 0.5) is 0 Å². The third-order valence-corrected chi connectivity index (χ3v) is 5.39. The molecule has 0 amide bonds. The van der Waals surface area contributed by atoms with Crippen molar-refractivity contribution in [1.82, 2.24) is 14.7 Å². The summed E-state index contributed by atoms with van der Waals surface area (Å²) in [5.74, 6) is -0.733. The Labute approximate surface area is 158 Å². The van der Waals surface area contributed by atoms with Gasteiger partial charge in [-0.15, -0.1) is 0 Å². The zero-order chi connectivity index (χ0) is 18.7. The van der Waals surface area contributed by atoms with Gasteiger partial charge in [-0.05, 0) is 29.2 Å². The predicted molar refractivity (Wildman–Crippen MR) is 103 cm³/mol. The average molecular weight is 361 g/mol. The Hall–Kier alpha value is -2.92. The maximum atomic E-state index is 12.1. The van der Waals surface area contributed by atoms with Gasteiger partial charge in [-0.2, -0.15) is 5.10 Å². The van der Waals surface area contributed by atoms with Gasteiger partial charge in [-0.3, -0.25) is 14.4 Å². The van der Waals surface area contributed by atoms with Crippen LogP contribution >= 0.6 is 0 Å². The largest absolute Gasteiger partial charge is 0.481 e. The Morgan fingerprint density at radius 2 is 1.81 bits per heavy atom. The molecule has 0 saturated carbocycles. The van der Waals surface area contributed by atoms with Crippen LogP contribution in [-0.4, -0.2) is 38.8 Å². The molecule has 1 N–H and O–H groups in total. The number of carbonyl (C=O) groups is 1. The van der Waals surface area contributed by atoms with Gasteiger partial charge >= 0.3 is 5.97 Å². The molecule has 5 nitrogen and oxygen atoms in total. The van der Waals surface area contributed by atoms with E-state index in [9.17, 15) is 9.90 Å². The van der Waals surface area contributed by atoms with Gasteiger partial charge in [0.25, 0.3) is 0 Å². The minimum Gasteiger partial charge on any atom is -0.481 e. The molecule has 1 atom stereocenters. The van der Waals surface area contributed by atoms with Crippen LogP contribution in [0.15, 0.2) is 73.1 Å². The highest BCUT2D eigenvalue weighted by Crippen LogP contribution is 2.35. The summed E-state index contributed by atoms with van der Waals surface area (Å²) in [4.78, 5) is 14.4. The lowest BCUT2D eigenvalue weighted by molar-refractivity contribution is -0.143. The number of rotatable bonds is 6. The van der Waals surface area contributed by atoms with Gasteiger partial charge in [0.2, 0.25) is 0 Å². The molecule has 1 unspecified atom stereocenters. The van der Waals surface area contributed by atoms with Crippen molar-refractivity contribution in [2.75, 3.05) is 13.1 Å². The normalized spacial score (nSPS) is 20.0. The fourth-order valence-corrected chi connectivity index (χ4v) is 3.98. The van der Waals surface area contributed by atoms with E-state index in [4.69, 9.17) is 0 Å². The van der Waals surface area contributed by atoms with Crippen LogP contribution in [0.25, 0.3) is 0 Å². The quantitative estimate of drug-likeness (QED) is 0.733. The molecule has 0 spiro atoms. The molecule has 0 radical (unpaired) electrons. The maximum absolute atomic E-state index is 12.1. The first-order valence-corrected chi connectivity index (χ1v) is 9.22. The van der Waals surface area contributed by atoms with E-state index in [-0.39, 0.29) is 0 Å². The molecule has 0 bridgehead atoms. The first kappa shape index (κ1) is 17.5. The number of likely N-dealkylation sites (tertiary alicyclic amines) is 1. The van der Waals surface area contributed by atoms with E-state index in [1.807, 2.05) is 47.3 Å². The van der Waals surface area contributed by atoms with Gasteiger partial charge in [0.05, 0.1) is 6.54 Å². The Morgan fingerprint density at radius 1 is 1.04 bits per heavy atom. The molecular weight excluding hydrogens is 338 g/mol. The lowest BCUT2D eigenvalue weighted by Crippen LogP contribution is -2.38. The van der Waals surface area contributed by atoms with Gasteiger partial charge < -0.3 is 5.11 Å². The number of benzene rings is 2. The zero-order valence-corrected chi connectivity index (χ0v) is 15.2. The van der Waals surface area contributed by atoms with Crippen LogP contribution in [0.3, 0.4) is 0 Å². The summed E-state index contributed by atoms with van der Waals surface area (Å²) >= 11 is 0. The van der Waals surface area contributed by atoms with Crippen molar-refractivity contribution in [2.45, 2.75) is 24.9 Å². The van der Waals surface area contributed by atoms with Crippen molar-refractivity contribution in [3.05, 3.63) is 89.7 Å². The van der Waals surface area contributed by atoms with Crippen LogP contribution in [-0.2, 0) is 23.3 Å². The van der Waals surface area contributed by atoms with Crippen molar-refractivity contribution in [3.8, 4) is 0 Å². The van der Waals surface area contributed by atoms with E-state index < -0.39 is 11.4 Å². The third-order valence-electron chi connectivity index (χ3n) is 5.39. The number of nitrogens with zero attached hydrogens (tertiary/aromatic N) is 3.